The Morgan fingerprint density at radius 2 is 1.84 bits per heavy atom. The van der Waals surface area contributed by atoms with Crippen LogP contribution in [0.15, 0.2) is 42.6 Å². The van der Waals surface area contributed by atoms with Crippen molar-refractivity contribution < 1.29 is 20.3 Å². The van der Waals surface area contributed by atoms with Crippen LogP contribution in [0.1, 0.15) is 25.7 Å². The molecule has 1 unspecified atom stereocenters. The Morgan fingerprint density at radius 1 is 1.00 bits per heavy atom. The number of aliphatic hydroxyl groups is 3. The molecule has 0 spiro atoms. The van der Waals surface area contributed by atoms with Gasteiger partial charge in [0.15, 0.2) is 0 Å². The van der Waals surface area contributed by atoms with Crippen LogP contribution < -0.4 is 15.6 Å². The first-order valence-electron chi connectivity index (χ1n) is 10.9. The maximum atomic E-state index is 10.5. The van der Waals surface area contributed by atoms with Gasteiger partial charge in [-0.25, -0.2) is 9.97 Å². The van der Waals surface area contributed by atoms with Gasteiger partial charge in [0.2, 0.25) is 5.82 Å². The maximum Gasteiger partial charge on any atom is 0.391 e. The molecule has 2 heterocycles. The van der Waals surface area contributed by atoms with Gasteiger partial charge >= 0.3 is 5.95 Å². The van der Waals surface area contributed by atoms with E-state index in [-0.39, 0.29) is 12.5 Å². The summed E-state index contributed by atoms with van der Waals surface area (Å²) in [6, 6.07) is 11.9. The van der Waals surface area contributed by atoms with E-state index in [0.29, 0.717) is 24.2 Å². The largest absolute Gasteiger partial charge is 0.396 e. The van der Waals surface area contributed by atoms with E-state index in [4.69, 9.17) is 9.97 Å². The summed E-state index contributed by atoms with van der Waals surface area (Å²) >= 11 is 0. The minimum Gasteiger partial charge on any atom is -0.396 e. The first-order chi connectivity index (χ1) is 15.1. The molecule has 31 heavy (non-hydrogen) atoms. The Balaban J connectivity index is 1.50. The second-order valence-electron chi connectivity index (χ2n) is 8.58. The van der Waals surface area contributed by atoms with E-state index in [9.17, 15) is 15.3 Å². The highest BCUT2D eigenvalue weighted by molar-refractivity contribution is 5.83. The monoisotopic (exact) mass is 422 g/mol. The zero-order chi connectivity index (χ0) is 21.4. The van der Waals surface area contributed by atoms with Crippen molar-refractivity contribution >= 4 is 22.7 Å². The van der Waals surface area contributed by atoms with Gasteiger partial charge in [-0.3, -0.25) is 5.32 Å². The summed E-state index contributed by atoms with van der Waals surface area (Å²) in [5.74, 6) is 0.874. The van der Waals surface area contributed by atoms with Crippen LogP contribution in [0.25, 0.3) is 22.2 Å². The van der Waals surface area contributed by atoms with Gasteiger partial charge in [0, 0.05) is 17.9 Å². The molecule has 0 radical (unpaired) electrons. The van der Waals surface area contributed by atoms with Crippen LogP contribution in [-0.4, -0.2) is 56.2 Å². The summed E-state index contributed by atoms with van der Waals surface area (Å²) in [7, 11) is 0. The summed E-state index contributed by atoms with van der Waals surface area (Å²) in [5, 5.41) is 38.0. The molecule has 8 heteroatoms. The molecule has 2 aliphatic carbocycles. The normalized spacial score (nSPS) is 26.0. The van der Waals surface area contributed by atoms with Crippen LogP contribution in [0, 0.1) is 5.92 Å². The Bertz CT molecular complexity index is 1070. The molecule has 1 aromatic carbocycles. The van der Waals surface area contributed by atoms with Crippen molar-refractivity contribution in [1.29, 1.82) is 0 Å². The smallest absolute Gasteiger partial charge is 0.391 e. The number of hydrogen-bond donors (Lipinski definition) is 5. The molecule has 6 N–H and O–H groups in total. The van der Waals surface area contributed by atoms with Crippen LogP contribution in [0.2, 0.25) is 0 Å². The van der Waals surface area contributed by atoms with E-state index in [2.05, 4.69) is 15.6 Å². The number of fused-ring (bicyclic) bond motifs is 1. The SMILES string of the molecule is OC[C@H]1CC(Nc2nc(NC3CCC3)[nH+]cc2-c2ccc3ccccc3n2)[C@H](O)[C@@H]1O. The fourth-order valence-corrected chi connectivity index (χ4v) is 4.38. The highest BCUT2D eigenvalue weighted by atomic mass is 16.3. The van der Waals surface area contributed by atoms with Gasteiger partial charge in [-0.1, -0.05) is 29.2 Å². The molecule has 8 nitrogen and oxygen atoms in total. The van der Waals surface area contributed by atoms with Gasteiger partial charge in [0.25, 0.3) is 0 Å². The predicted octanol–water partition coefficient (Wildman–Crippen LogP) is 1.59. The molecule has 2 fully saturated rings. The molecule has 5 rings (SSSR count). The Labute approximate surface area is 180 Å². The van der Waals surface area contributed by atoms with E-state index < -0.39 is 18.2 Å². The van der Waals surface area contributed by atoms with E-state index in [0.717, 1.165) is 35.0 Å². The van der Waals surface area contributed by atoms with Gasteiger partial charge in [-0.05, 0) is 37.8 Å². The molecule has 0 aliphatic heterocycles. The number of hydrogen-bond acceptors (Lipinski definition) is 7. The number of H-pyrrole nitrogens is 1. The molecule has 0 amide bonds. The lowest BCUT2D eigenvalue weighted by Crippen LogP contribution is -2.36. The molecular formula is C23H28N5O3+. The van der Waals surface area contributed by atoms with Gasteiger partial charge in [-0.15, -0.1) is 0 Å². The number of anilines is 2. The molecule has 2 aliphatic rings. The Kier molecular flexibility index (Phi) is 5.43. The standard InChI is InChI=1S/C23H27N5O3/c29-12-14-10-19(21(31)20(14)30)27-22-16(11-24-23(28-22)25-15-5-3-6-15)18-9-8-13-4-1-2-7-17(13)26-18/h1-2,4,7-9,11,14-15,19-21,29-31H,3,5-6,10,12H2,(H2,24,25,27,28)/p+1/t14-,19?,20-,21+/m1/s1. The van der Waals surface area contributed by atoms with Gasteiger partial charge in [0.05, 0.1) is 41.2 Å². The third-order valence-electron chi connectivity index (χ3n) is 6.51. The lowest BCUT2D eigenvalue weighted by Gasteiger charge is -2.23. The number of para-hydroxylation sites is 1. The number of nitrogens with zero attached hydrogens (tertiary/aromatic N) is 2. The summed E-state index contributed by atoms with van der Waals surface area (Å²) < 4.78 is 0. The summed E-state index contributed by atoms with van der Waals surface area (Å²) in [6.07, 6.45) is 3.84. The second-order valence-corrected chi connectivity index (χ2v) is 8.58. The fourth-order valence-electron chi connectivity index (χ4n) is 4.38. The van der Waals surface area contributed by atoms with Crippen LogP contribution in [0.3, 0.4) is 0 Å². The third kappa shape index (κ3) is 3.94. The number of pyridine rings is 1. The number of rotatable bonds is 6. The first-order valence-corrected chi connectivity index (χ1v) is 10.9. The lowest BCUT2D eigenvalue weighted by atomic mass is 9.93. The maximum absolute atomic E-state index is 10.5. The number of nitrogens with one attached hydrogen (secondary N) is 3. The van der Waals surface area contributed by atoms with Crippen molar-refractivity contribution in [1.82, 2.24) is 9.97 Å². The average Bonchev–Trinajstić information content (AvgIpc) is 3.04. The minimum absolute atomic E-state index is 0.167. The number of benzene rings is 1. The van der Waals surface area contributed by atoms with Crippen molar-refractivity contribution in [2.24, 2.45) is 5.92 Å². The van der Waals surface area contributed by atoms with Crippen LogP contribution in [-0.2, 0) is 0 Å². The molecule has 0 saturated heterocycles. The van der Waals surface area contributed by atoms with Crippen LogP contribution in [0.5, 0.6) is 0 Å². The molecule has 2 saturated carbocycles. The van der Waals surface area contributed by atoms with E-state index in [1.807, 2.05) is 42.6 Å². The van der Waals surface area contributed by atoms with Crippen molar-refractivity contribution in [2.45, 2.75) is 50.0 Å². The van der Waals surface area contributed by atoms with E-state index in [1.165, 1.54) is 6.42 Å². The average molecular weight is 423 g/mol. The number of aromatic nitrogens is 3. The van der Waals surface area contributed by atoms with Gasteiger partial charge in [0.1, 0.15) is 6.10 Å². The van der Waals surface area contributed by atoms with Crippen molar-refractivity contribution in [2.75, 3.05) is 17.2 Å². The highest BCUT2D eigenvalue weighted by Gasteiger charge is 2.42. The summed E-state index contributed by atoms with van der Waals surface area (Å²) in [6.45, 7) is -0.167. The molecule has 4 atom stereocenters. The molecule has 3 aromatic rings. The quantitative estimate of drug-likeness (QED) is 0.409. The van der Waals surface area contributed by atoms with Crippen molar-refractivity contribution in [3.05, 3.63) is 42.6 Å². The number of aliphatic hydroxyl groups excluding tert-OH is 3. The second kappa shape index (κ2) is 8.37. The first kappa shape index (κ1) is 20.1. The zero-order valence-corrected chi connectivity index (χ0v) is 17.2. The van der Waals surface area contributed by atoms with Gasteiger partial charge in [-0.2, -0.15) is 0 Å². The van der Waals surface area contributed by atoms with Crippen molar-refractivity contribution in [3.63, 3.8) is 0 Å². The lowest BCUT2D eigenvalue weighted by molar-refractivity contribution is -0.364. The summed E-state index contributed by atoms with van der Waals surface area (Å²) in [5.41, 5.74) is 2.42. The predicted molar refractivity (Wildman–Crippen MR) is 117 cm³/mol. The Hall–Kier alpha value is -2.81. The summed E-state index contributed by atoms with van der Waals surface area (Å²) in [4.78, 5) is 12.8. The highest BCUT2D eigenvalue weighted by Crippen LogP contribution is 2.32. The molecular weight excluding hydrogens is 394 g/mol. The van der Waals surface area contributed by atoms with E-state index in [1.54, 1.807) is 0 Å². The van der Waals surface area contributed by atoms with Crippen LogP contribution in [0.4, 0.5) is 11.8 Å². The van der Waals surface area contributed by atoms with Crippen LogP contribution >= 0.6 is 0 Å². The molecule has 2 aromatic heterocycles. The van der Waals surface area contributed by atoms with Gasteiger partial charge < -0.3 is 20.6 Å². The Morgan fingerprint density at radius 3 is 2.58 bits per heavy atom. The van der Waals surface area contributed by atoms with E-state index >= 15 is 0 Å². The molecule has 0 bridgehead atoms. The zero-order valence-electron chi connectivity index (χ0n) is 17.2. The topological polar surface area (TPSA) is 125 Å². The molecule has 162 valence electrons. The third-order valence-corrected chi connectivity index (χ3v) is 6.51. The fraction of sp³-hybridized carbons (Fsp3) is 0.435. The van der Waals surface area contributed by atoms with Crippen molar-refractivity contribution in [3.8, 4) is 11.3 Å². The minimum atomic E-state index is -0.983. The number of aromatic amines is 1.